The van der Waals surface area contributed by atoms with Gasteiger partial charge in [0, 0.05) is 6.26 Å². The second-order valence-corrected chi connectivity index (χ2v) is 24.5. The molecule has 0 heterocycles. The zero-order valence-corrected chi connectivity index (χ0v) is 23.5. The summed E-state index contributed by atoms with van der Waals surface area (Å²) in [5, 5.41) is 18.7. The number of likely N-dealkylation sites (N-methyl/N-ethyl adjacent to an activating group) is 1. The van der Waals surface area contributed by atoms with Crippen molar-refractivity contribution in [2.45, 2.75) is 83.5 Å². The van der Waals surface area contributed by atoms with E-state index in [0.29, 0.717) is 6.26 Å². The fourth-order valence-electron chi connectivity index (χ4n) is 4.06. The van der Waals surface area contributed by atoms with E-state index in [-0.39, 0.29) is 13.2 Å². The van der Waals surface area contributed by atoms with Gasteiger partial charge in [-0.3, -0.25) is 0 Å². The van der Waals surface area contributed by atoms with E-state index < -0.39 is 28.5 Å². The Labute approximate surface area is 185 Å². The predicted molar refractivity (Wildman–Crippen MR) is 125 cm³/mol. The molecule has 0 rings (SSSR count). The van der Waals surface area contributed by atoms with E-state index in [4.69, 9.17) is 13.0 Å². The van der Waals surface area contributed by atoms with Crippen molar-refractivity contribution in [3.05, 3.63) is 0 Å². The van der Waals surface area contributed by atoms with Crippen molar-refractivity contribution in [1.29, 1.82) is 0 Å². The van der Waals surface area contributed by atoms with Gasteiger partial charge in [-0.2, -0.15) is 0 Å². The molecule has 0 amide bonds. The molecule has 0 aliphatic carbocycles. The van der Waals surface area contributed by atoms with Crippen LogP contribution in [0.3, 0.4) is 0 Å². The Morgan fingerprint density at radius 3 is 1.34 bits per heavy atom. The number of aliphatic hydroxyl groups is 2. The van der Waals surface area contributed by atoms with Gasteiger partial charge in [-0.05, 0) is 0 Å². The largest absolute Gasteiger partial charge is 0.748 e. The molecule has 0 aromatic carbocycles. The molecule has 6 nitrogen and oxygen atoms in total. The number of quaternary nitrogens is 1. The Morgan fingerprint density at radius 2 is 1.07 bits per heavy atom. The van der Waals surface area contributed by atoms with E-state index in [2.05, 4.69) is 27.8 Å². The first-order valence-corrected chi connectivity index (χ1v) is 21.4. The fraction of sp³-hybridized carbons (Fsp3) is 1.00. The van der Waals surface area contributed by atoms with Crippen LogP contribution in [0.2, 0.25) is 17.7 Å². The Bertz CT molecular complexity index is 438. The van der Waals surface area contributed by atoms with Gasteiger partial charge in [0.05, 0.1) is 10.1 Å². The van der Waals surface area contributed by atoms with Crippen LogP contribution in [-0.4, -0.2) is 92.2 Å². The third-order valence-electron chi connectivity index (χ3n) is 5.87. The van der Waals surface area contributed by atoms with Crippen molar-refractivity contribution in [2.75, 3.05) is 46.2 Å². The summed E-state index contributed by atoms with van der Waals surface area (Å²) in [6, 6.07) is 0. The summed E-state index contributed by atoms with van der Waals surface area (Å²) < 4.78 is 34.4. The van der Waals surface area contributed by atoms with Gasteiger partial charge in [0.15, 0.2) is 0 Å². The average Bonchev–Trinajstić information content (AvgIpc) is 2.61. The molecule has 0 aromatic heterocycles. The maximum Gasteiger partial charge on any atom is 0.0916 e. The van der Waals surface area contributed by atoms with Crippen molar-refractivity contribution in [2.24, 2.45) is 0 Å². The summed E-state index contributed by atoms with van der Waals surface area (Å²) in [5.41, 5.74) is 0. The third kappa shape index (κ3) is 20.3. The third-order valence-corrected chi connectivity index (χ3v) is 22.0. The van der Waals surface area contributed by atoms with Crippen LogP contribution in [0.4, 0.5) is 0 Å². The minimum Gasteiger partial charge on any atom is -0.748 e. The summed E-state index contributed by atoms with van der Waals surface area (Å²) in [5.74, 6) is 0. The molecular formula is C21H49NO5SSn. The molecule has 0 bridgehead atoms. The van der Waals surface area contributed by atoms with Crippen molar-refractivity contribution in [1.82, 2.24) is 0 Å². The Hall–Kier alpha value is 0.589. The first-order valence-electron chi connectivity index (χ1n) is 11.5. The molecule has 0 radical (unpaired) electrons. The maximum absolute atomic E-state index is 9.35. The predicted octanol–water partition coefficient (Wildman–Crippen LogP) is 3.82. The van der Waals surface area contributed by atoms with Crippen LogP contribution in [0.15, 0.2) is 0 Å². The second kappa shape index (κ2) is 18.2. The minimum atomic E-state index is -3.92. The van der Waals surface area contributed by atoms with Crippen molar-refractivity contribution < 1.29 is 27.7 Å². The molecule has 0 aliphatic rings. The molecule has 0 saturated heterocycles. The molecule has 0 saturated carbocycles. The number of nitrogens with zero attached hydrogens (tertiary/aromatic N) is 1. The molecule has 0 atom stereocenters. The van der Waals surface area contributed by atoms with Gasteiger partial charge >= 0.3 is 156 Å². The molecule has 0 spiro atoms. The number of hydrogen-bond donors (Lipinski definition) is 2. The fourth-order valence-corrected chi connectivity index (χ4v) is 20.4. The van der Waals surface area contributed by atoms with Crippen LogP contribution < -0.4 is 0 Å². The zero-order valence-electron chi connectivity index (χ0n) is 19.8. The van der Waals surface area contributed by atoms with Crippen LogP contribution >= 0.6 is 0 Å². The molecule has 2 N–H and O–H groups in total. The molecule has 0 aromatic rings. The molecule has 0 unspecified atom stereocenters. The molecule has 0 aliphatic heterocycles. The summed E-state index contributed by atoms with van der Waals surface area (Å²) in [4.78, 5) is 0. The van der Waals surface area contributed by atoms with Gasteiger partial charge in [-0.1, -0.05) is 0 Å². The summed E-state index contributed by atoms with van der Waals surface area (Å²) >= 11 is -2.00. The molecule has 8 heteroatoms. The first kappa shape index (κ1) is 31.8. The maximum atomic E-state index is 9.35. The van der Waals surface area contributed by atoms with Crippen LogP contribution in [0.5, 0.6) is 0 Å². The van der Waals surface area contributed by atoms with Crippen LogP contribution in [0.25, 0.3) is 0 Å². The Balaban J connectivity index is 0. The topological polar surface area (TPSA) is 97.7 Å². The quantitative estimate of drug-likeness (QED) is 0.164. The van der Waals surface area contributed by atoms with Crippen LogP contribution in [0, 0.1) is 0 Å². The van der Waals surface area contributed by atoms with Gasteiger partial charge in [-0.15, -0.1) is 0 Å². The molecule has 178 valence electrons. The molecule has 0 fully saturated rings. The number of rotatable bonds is 17. The van der Waals surface area contributed by atoms with Crippen molar-refractivity contribution in [3.63, 3.8) is 0 Å². The summed E-state index contributed by atoms with van der Waals surface area (Å²) in [7, 11) is -1.71. The van der Waals surface area contributed by atoms with E-state index in [1.807, 2.05) is 0 Å². The minimum absolute atomic E-state index is 0.229. The van der Waals surface area contributed by atoms with E-state index >= 15 is 0 Å². The zero-order chi connectivity index (χ0) is 22.8. The van der Waals surface area contributed by atoms with Gasteiger partial charge in [0.2, 0.25) is 0 Å². The van der Waals surface area contributed by atoms with Gasteiger partial charge in [0.25, 0.3) is 0 Å². The Kier molecular flexibility index (Phi) is 19.9. The normalized spacial score (nSPS) is 12.6. The van der Waals surface area contributed by atoms with Gasteiger partial charge < -0.3 is 4.55 Å². The van der Waals surface area contributed by atoms with E-state index in [1.165, 1.54) is 49.4 Å². The van der Waals surface area contributed by atoms with E-state index in [1.54, 1.807) is 13.3 Å². The number of hydrogen-bond acceptors (Lipinski definition) is 5. The first-order chi connectivity index (χ1) is 13.5. The van der Waals surface area contributed by atoms with Gasteiger partial charge in [0.1, 0.15) is 0 Å². The number of aliphatic hydroxyl groups excluding tert-OH is 2. The van der Waals surface area contributed by atoms with Gasteiger partial charge in [-0.25, -0.2) is 8.42 Å². The van der Waals surface area contributed by atoms with Crippen molar-refractivity contribution >= 4 is 28.5 Å². The standard InChI is InChI=1S/C8H19NO2.3C4H9.CH4O3S.Sn/c1-3-4-9(2,5-7-10)6-8-11;3*1-3-4-2;1-5(2,3)4;/h10-11H,1,3-8H2,2H3;3*1,3-4H2,2H3;1H3,(H,2,3,4);/q+1;;;;;/p-1. The second-order valence-electron chi connectivity index (χ2n) is 8.86. The summed E-state index contributed by atoms with van der Waals surface area (Å²) in [6.45, 7) is 10.2. The monoisotopic (exact) mass is 547 g/mol. The molecular weight excluding hydrogens is 497 g/mol. The van der Waals surface area contributed by atoms with Crippen molar-refractivity contribution in [3.8, 4) is 0 Å². The van der Waals surface area contributed by atoms with E-state index in [9.17, 15) is 10.2 Å². The Morgan fingerprint density at radius 1 is 0.759 bits per heavy atom. The summed E-state index contributed by atoms with van der Waals surface area (Å²) in [6.07, 6.45) is 10.3. The van der Waals surface area contributed by atoms with Crippen LogP contribution in [0.1, 0.15) is 65.7 Å². The van der Waals surface area contributed by atoms with E-state index in [0.717, 1.165) is 24.1 Å². The average molecular weight is 546 g/mol. The molecule has 29 heavy (non-hydrogen) atoms. The smallest absolute Gasteiger partial charge is 0.0916 e. The van der Waals surface area contributed by atoms with Crippen LogP contribution in [-0.2, 0) is 10.1 Å². The number of unbranched alkanes of at least 4 members (excludes halogenated alkanes) is 3. The SMILES string of the molecule is CCC[CH2][Sn]([CH2]CCC)([CH2]CCC)[CH2]CC[N+](C)(CCO)CCO.CS(=O)(=O)[O-].